The molecule has 1 aromatic rings. The number of benzene rings is 1. The standard InChI is InChI=1S/C12H17N3O2/c1-9-5-11(7-12(6-9)15(16)17)14-8-10-3-2-4-13-10/h5-7,10,13-14H,2-4,8H2,1H3. The number of hydrogen-bond acceptors (Lipinski definition) is 4. The minimum Gasteiger partial charge on any atom is -0.383 e. The number of nitrogens with zero attached hydrogens (tertiary/aromatic N) is 1. The zero-order chi connectivity index (χ0) is 12.3. The van der Waals surface area contributed by atoms with E-state index in [1.54, 1.807) is 12.1 Å². The Labute approximate surface area is 100 Å². The molecule has 92 valence electrons. The Balaban J connectivity index is 2.01. The SMILES string of the molecule is Cc1cc(NCC2CCCN2)cc([N+](=O)[O-])c1. The van der Waals surface area contributed by atoms with Gasteiger partial charge in [-0.25, -0.2) is 0 Å². The van der Waals surface area contributed by atoms with Crippen molar-refractivity contribution in [2.24, 2.45) is 0 Å². The van der Waals surface area contributed by atoms with Crippen molar-refractivity contribution in [2.75, 3.05) is 18.4 Å². The van der Waals surface area contributed by atoms with E-state index in [9.17, 15) is 10.1 Å². The summed E-state index contributed by atoms with van der Waals surface area (Å²) < 4.78 is 0. The number of anilines is 1. The molecule has 1 unspecified atom stereocenters. The lowest BCUT2D eigenvalue weighted by atomic mass is 10.2. The highest BCUT2D eigenvalue weighted by atomic mass is 16.6. The van der Waals surface area contributed by atoms with Gasteiger partial charge in [-0.15, -0.1) is 0 Å². The summed E-state index contributed by atoms with van der Waals surface area (Å²) in [6.45, 7) is 3.76. The van der Waals surface area contributed by atoms with Crippen LogP contribution in [0.2, 0.25) is 0 Å². The maximum Gasteiger partial charge on any atom is 0.271 e. The van der Waals surface area contributed by atoms with Crippen molar-refractivity contribution >= 4 is 11.4 Å². The van der Waals surface area contributed by atoms with Crippen LogP contribution in [0.25, 0.3) is 0 Å². The summed E-state index contributed by atoms with van der Waals surface area (Å²) >= 11 is 0. The van der Waals surface area contributed by atoms with Gasteiger partial charge in [0.05, 0.1) is 4.92 Å². The lowest BCUT2D eigenvalue weighted by molar-refractivity contribution is -0.384. The lowest BCUT2D eigenvalue weighted by Crippen LogP contribution is -2.29. The van der Waals surface area contributed by atoms with Crippen molar-refractivity contribution < 1.29 is 4.92 Å². The van der Waals surface area contributed by atoms with Gasteiger partial charge in [-0.1, -0.05) is 0 Å². The van der Waals surface area contributed by atoms with Crippen LogP contribution in [-0.4, -0.2) is 24.1 Å². The zero-order valence-corrected chi connectivity index (χ0v) is 9.90. The van der Waals surface area contributed by atoms with Crippen molar-refractivity contribution in [3.05, 3.63) is 33.9 Å². The average molecular weight is 235 g/mol. The summed E-state index contributed by atoms with van der Waals surface area (Å²) in [7, 11) is 0. The van der Waals surface area contributed by atoms with Crippen LogP contribution in [0.1, 0.15) is 18.4 Å². The molecule has 2 rings (SSSR count). The van der Waals surface area contributed by atoms with Crippen molar-refractivity contribution in [3.63, 3.8) is 0 Å². The third kappa shape index (κ3) is 3.17. The van der Waals surface area contributed by atoms with Crippen LogP contribution in [0.15, 0.2) is 18.2 Å². The number of nitro benzene ring substituents is 1. The Hall–Kier alpha value is -1.62. The molecule has 0 saturated carbocycles. The third-order valence-corrected chi connectivity index (χ3v) is 2.99. The summed E-state index contributed by atoms with van der Waals surface area (Å²) in [5.41, 5.74) is 1.87. The van der Waals surface area contributed by atoms with E-state index in [0.29, 0.717) is 6.04 Å². The van der Waals surface area contributed by atoms with Crippen LogP contribution in [0, 0.1) is 17.0 Å². The van der Waals surface area contributed by atoms with Gasteiger partial charge in [0.1, 0.15) is 0 Å². The van der Waals surface area contributed by atoms with Crippen LogP contribution in [-0.2, 0) is 0 Å². The highest BCUT2D eigenvalue weighted by Crippen LogP contribution is 2.20. The summed E-state index contributed by atoms with van der Waals surface area (Å²) in [6.07, 6.45) is 2.38. The van der Waals surface area contributed by atoms with Crippen LogP contribution >= 0.6 is 0 Å². The maximum absolute atomic E-state index is 10.7. The smallest absolute Gasteiger partial charge is 0.271 e. The van der Waals surface area contributed by atoms with Gasteiger partial charge >= 0.3 is 0 Å². The number of hydrogen-bond donors (Lipinski definition) is 2. The van der Waals surface area contributed by atoms with Gasteiger partial charge in [0.15, 0.2) is 0 Å². The molecule has 2 N–H and O–H groups in total. The van der Waals surface area contributed by atoms with Crippen molar-refractivity contribution in [3.8, 4) is 0 Å². The molecule has 0 spiro atoms. The van der Waals surface area contributed by atoms with Gasteiger partial charge in [0, 0.05) is 30.4 Å². The van der Waals surface area contributed by atoms with Crippen molar-refractivity contribution in [2.45, 2.75) is 25.8 Å². The molecule has 0 aliphatic carbocycles. The molecule has 1 aliphatic heterocycles. The molecule has 1 aromatic carbocycles. The largest absolute Gasteiger partial charge is 0.383 e. The van der Waals surface area contributed by atoms with Crippen molar-refractivity contribution in [1.82, 2.24) is 5.32 Å². The minimum atomic E-state index is -0.355. The van der Waals surface area contributed by atoms with E-state index in [1.165, 1.54) is 12.8 Å². The molecule has 0 aromatic heterocycles. The van der Waals surface area contributed by atoms with Gasteiger partial charge < -0.3 is 10.6 Å². The Morgan fingerprint density at radius 2 is 2.35 bits per heavy atom. The Kier molecular flexibility index (Phi) is 3.58. The molecular formula is C12H17N3O2. The first kappa shape index (κ1) is 11.9. The fourth-order valence-electron chi connectivity index (χ4n) is 2.14. The summed E-state index contributed by atoms with van der Waals surface area (Å²) in [6, 6.07) is 5.58. The van der Waals surface area contributed by atoms with Gasteiger partial charge in [0.25, 0.3) is 5.69 Å². The first-order valence-electron chi connectivity index (χ1n) is 5.88. The lowest BCUT2D eigenvalue weighted by Gasteiger charge is -2.12. The summed E-state index contributed by atoms with van der Waals surface area (Å²) in [5.74, 6) is 0. The quantitative estimate of drug-likeness (QED) is 0.619. The van der Waals surface area contributed by atoms with Crippen LogP contribution < -0.4 is 10.6 Å². The number of nitrogens with one attached hydrogen (secondary N) is 2. The highest BCUT2D eigenvalue weighted by molar-refractivity contribution is 5.53. The predicted octanol–water partition coefficient (Wildman–Crippen LogP) is 2.07. The van der Waals surface area contributed by atoms with Gasteiger partial charge in [-0.05, 0) is 37.9 Å². The van der Waals surface area contributed by atoms with Crippen LogP contribution in [0.3, 0.4) is 0 Å². The maximum atomic E-state index is 10.7. The van der Waals surface area contributed by atoms with E-state index in [4.69, 9.17) is 0 Å². The molecule has 0 radical (unpaired) electrons. The molecule has 5 heteroatoms. The topological polar surface area (TPSA) is 67.2 Å². The molecular weight excluding hydrogens is 218 g/mol. The second-order valence-corrected chi connectivity index (χ2v) is 4.49. The number of nitro groups is 1. The van der Waals surface area contributed by atoms with Gasteiger partial charge in [-0.2, -0.15) is 0 Å². The fourth-order valence-corrected chi connectivity index (χ4v) is 2.14. The Morgan fingerprint density at radius 1 is 1.53 bits per heavy atom. The first-order chi connectivity index (χ1) is 8.15. The molecule has 5 nitrogen and oxygen atoms in total. The molecule has 1 atom stereocenters. The van der Waals surface area contributed by atoms with E-state index in [0.717, 1.165) is 24.3 Å². The molecule has 1 aliphatic rings. The van der Waals surface area contributed by atoms with E-state index in [2.05, 4.69) is 10.6 Å². The zero-order valence-electron chi connectivity index (χ0n) is 9.90. The van der Waals surface area contributed by atoms with E-state index >= 15 is 0 Å². The van der Waals surface area contributed by atoms with Crippen LogP contribution in [0.5, 0.6) is 0 Å². The second-order valence-electron chi connectivity index (χ2n) is 4.49. The second kappa shape index (κ2) is 5.14. The predicted molar refractivity (Wildman–Crippen MR) is 67.3 cm³/mol. The summed E-state index contributed by atoms with van der Waals surface area (Å²) in [5, 5.41) is 17.4. The average Bonchev–Trinajstić information content (AvgIpc) is 2.78. The van der Waals surface area contributed by atoms with Gasteiger partial charge in [0.2, 0.25) is 0 Å². The number of aryl methyl sites for hydroxylation is 1. The molecule has 1 fully saturated rings. The van der Waals surface area contributed by atoms with E-state index < -0.39 is 0 Å². The highest BCUT2D eigenvalue weighted by Gasteiger charge is 2.14. The minimum absolute atomic E-state index is 0.145. The normalized spacial score (nSPS) is 19.2. The first-order valence-corrected chi connectivity index (χ1v) is 5.88. The molecule has 0 bridgehead atoms. The van der Waals surface area contributed by atoms with Gasteiger partial charge in [-0.3, -0.25) is 10.1 Å². The molecule has 1 heterocycles. The number of non-ortho nitro benzene ring substituents is 1. The van der Waals surface area contributed by atoms with E-state index in [1.807, 2.05) is 13.0 Å². The molecule has 0 amide bonds. The van der Waals surface area contributed by atoms with Crippen molar-refractivity contribution in [1.29, 1.82) is 0 Å². The Morgan fingerprint density at radius 3 is 3.00 bits per heavy atom. The number of rotatable bonds is 4. The third-order valence-electron chi connectivity index (χ3n) is 2.99. The Bertz CT molecular complexity index is 414. The van der Waals surface area contributed by atoms with E-state index in [-0.39, 0.29) is 10.6 Å². The summed E-state index contributed by atoms with van der Waals surface area (Å²) in [4.78, 5) is 10.4. The molecule has 17 heavy (non-hydrogen) atoms. The molecule has 1 saturated heterocycles. The fraction of sp³-hybridized carbons (Fsp3) is 0.500. The van der Waals surface area contributed by atoms with Crippen LogP contribution in [0.4, 0.5) is 11.4 Å². The monoisotopic (exact) mass is 235 g/mol.